The van der Waals surface area contributed by atoms with Crippen LogP contribution in [0.1, 0.15) is 34.1 Å². The highest BCUT2D eigenvalue weighted by Crippen LogP contribution is 2.33. The van der Waals surface area contributed by atoms with Gasteiger partial charge in [0, 0.05) is 18.4 Å². The minimum Gasteiger partial charge on any atom is -0.391 e. The molecule has 1 aliphatic rings. The molecule has 1 aromatic heterocycles. The van der Waals surface area contributed by atoms with Crippen LogP contribution in [0.15, 0.2) is 36.5 Å². The molecule has 2 atom stereocenters. The number of aliphatic hydroxyl groups excluding tert-OH is 1. The maximum Gasteiger partial charge on any atom is 0.256 e. The van der Waals surface area contributed by atoms with E-state index in [0.29, 0.717) is 18.5 Å². The third kappa shape index (κ3) is 2.56. The van der Waals surface area contributed by atoms with Crippen LogP contribution in [0, 0.1) is 12.7 Å². The fraction of sp³-hybridized carbons (Fsp3) is 0.312. The number of H-pyrrole nitrogens is 1. The molecule has 5 heteroatoms. The fourth-order valence-corrected chi connectivity index (χ4v) is 2.88. The predicted molar refractivity (Wildman–Crippen MR) is 76.3 cm³/mol. The second-order valence-corrected chi connectivity index (χ2v) is 5.43. The summed E-state index contributed by atoms with van der Waals surface area (Å²) in [5.41, 5.74) is 2.25. The maximum atomic E-state index is 13.0. The molecule has 110 valence electrons. The third-order valence-corrected chi connectivity index (χ3v) is 3.98. The molecule has 0 radical (unpaired) electrons. The van der Waals surface area contributed by atoms with Crippen molar-refractivity contribution in [3.8, 4) is 0 Å². The van der Waals surface area contributed by atoms with E-state index >= 15 is 0 Å². The number of amides is 1. The second kappa shape index (κ2) is 5.33. The highest BCUT2D eigenvalue weighted by molar-refractivity contribution is 5.95. The van der Waals surface area contributed by atoms with Crippen molar-refractivity contribution < 1.29 is 14.3 Å². The highest BCUT2D eigenvalue weighted by atomic mass is 19.1. The molecule has 2 heterocycles. The van der Waals surface area contributed by atoms with Gasteiger partial charge in [0.25, 0.3) is 5.91 Å². The van der Waals surface area contributed by atoms with Gasteiger partial charge in [0.15, 0.2) is 0 Å². The summed E-state index contributed by atoms with van der Waals surface area (Å²) < 4.78 is 13.0. The lowest BCUT2D eigenvalue weighted by Gasteiger charge is -2.24. The number of aliphatic hydroxyl groups is 1. The van der Waals surface area contributed by atoms with Gasteiger partial charge >= 0.3 is 0 Å². The van der Waals surface area contributed by atoms with E-state index in [1.54, 1.807) is 29.3 Å². The number of hydrogen-bond acceptors (Lipinski definition) is 2. The van der Waals surface area contributed by atoms with Crippen molar-refractivity contribution in [3.05, 3.63) is 59.2 Å². The lowest BCUT2D eigenvalue weighted by Crippen LogP contribution is -2.32. The predicted octanol–water partition coefficient (Wildman–Crippen LogP) is 2.41. The monoisotopic (exact) mass is 288 g/mol. The van der Waals surface area contributed by atoms with Gasteiger partial charge in [-0.1, -0.05) is 12.1 Å². The minimum atomic E-state index is -0.553. The molecule has 1 fully saturated rings. The van der Waals surface area contributed by atoms with Gasteiger partial charge in [-0.2, -0.15) is 0 Å². The first-order valence-corrected chi connectivity index (χ1v) is 6.94. The molecule has 0 saturated carbocycles. The SMILES string of the molecule is Cc1[nH]ccc1C(=O)N1C[C@H](O)C[C@H]1c1ccc(F)cc1. The van der Waals surface area contributed by atoms with Gasteiger partial charge in [-0.3, -0.25) is 4.79 Å². The Morgan fingerprint density at radius 2 is 2.05 bits per heavy atom. The Kier molecular flexibility index (Phi) is 3.51. The van der Waals surface area contributed by atoms with E-state index in [0.717, 1.165) is 11.3 Å². The molecule has 4 nitrogen and oxygen atoms in total. The number of hydrogen-bond donors (Lipinski definition) is 2. The van der Waals surface area contributed by atoms with Crippen LogP contribution in [0.4, 0.5) is 4.39 Å². The Balaban J connectivity index is 1.91. The van der Waals surface area contributed by atoms with Crippen LogP contribution in [0.3, 0.4) is 0 Å². The summed E-state index contributed by atoms with van der Waals surface area (Å²) in [6.07, 6.45) is 1.64. The quantitative estimate of drug-likeness (QED) is 0.891. The first kappa shape index (κ1) is 13.8. The van der Waals surface area contributed by atoms with E-state index in [-0.39, 0.29) is 17.8 Å². The summed E-state index contributed by atoms with van der Waals surface area (Å²) >= 11 is 0. The summed E-state index contributed by atoms with van der Waals surface area (Å²) in [5.74, 6) is -0.420. The molecule has 1 saturated heterocycles. The second-order valence-electron chi connectivity index (χ2n) is 5.43. The van der Waals surface area contributed by atoms with Crippen molar-refractivity contribution in [2.45, 2.75) is 25.5 Å². The zero-order valence-electron chi connectivity index (χ0n) is 11.7. The van der Waals surface area contributed by atoms with Crippen LogP contribution >= 0.6 is 0 Å². The number of aromatic amines is 1. The molecule has 1 amide bonds. The van der Waals surface area contributed by atoms with Gasteiger partial charge in [-0.25, -0.2) is 4.39 Å². The zero-order chi connectivity index (χ0) is 15.0. The van der Waals surface area contributed by atoms with E-state index in [9.17, 15) is 14.3 Å². The average Bonchev–Trinajstić information content (AvgIpc) is 3.05. The molecular formula is C16H17FN2O2. The maximum absolute atomic E-state index is 13.0. The number of carbonyl (C=O) groups excluding carboxylic acids is 1. The van der Waals surface area contributed by atoms with Crippen LogP contribution in [0.5, 0.6) is 0 Å². The van der Waals surface area contributed by atoms with Crippen molar-refractivity contribution in [1.82, 2.24) is 9.88 Å². The smallest absolute Gasteiger partial charge is 0.256 e. The first-order valence-electron chi connectivity index (χ1n) is 6.94. The summed E-state index contributed by atoms with van der Waals surface area (Å²) in [4.78, 5) is 17.3. The van der Waals surface area contributed by atoms with E-state index in [1.165, 1.54) is 12.1 Å². The molecule has 0 unspecified atom stereocenters. The van der Waals surface area contributed by atoms with Gasteiger partial charge in [0.05, 0.1) is 17.7 Å². The van der Waals surface area contributed by atoms with Crippen molar-refractivity contribution in [3.63, 3.8) is 0 Å². The molecule has 2 aromatic rings. The number of benzene rings is 1. The summed E-state index contributed by atoms with van der Waals surface area (Å²) in [7, 11) is 0. The number of carbonyl (C=O) groups is 1. The lowest BCUT2D eigenvalue weighted by molar-refractivity contribution is 0.0715. The zero-order valence-corrected chi connectivity index (χ0v) is 11.7. The molecule has 0 aliphatic carbocycles. The van der Waals surface area contributed by atoms with Gasteiger partial charge < -0.3 is 15.0 Å². The highest BCUT2D eigenvalue weighted by Gasteiger charge is 2.36. The fourth-order valence-electron chi connectivity index (χ4n) is 2.88. The molecular weight excluding hydrogens is 271 g/mol. The largest absolute Gasteiger partial charge is 0.391 e. The normalized spacial score (nSPS) is 21.8. The standard InChI is InChI=1S/C16H17FN2O2/c1-10-14(6-7-18-10)16(21)19-9-13(20)8-15(19)11-2-4-12(17)5-3-11/h2-7,13,15,18,20H,8-9H2,1H3/t13-,15+/m1/s1. The van der Waals surface area contributed by atoms with Crippen molar-refractivity contribution >= 4 is 5.91 Å². The topological polar surface area (TPSA) is 56.3 Å². The molecule has 2 N–H and O–H groups in total. The number of nitrogens with zero attached hydrogens (tertiary/aromatic N) is 1. The number of halogens is 1. The average molecular weight is 288 g/mol. The Labute approximate surface area is 122 Å². The van der Waals surface area contributed by atoms with Gasteiger partial charge in [-0.15, -0.1) is 0 Å². The van der Waals surface area contributed by atoms with Crippen LogP contribution < -0.4 is 0 Å². The van der Waals surface area contributed by atoms with Crippen LogP contribution in [-0.2, 0) is 0 Å². The van der Waals surface area contributed by atoms with Crippen molar-refractivity contribution in [1.29, 1.82) is 0 Å². The van der Waals surface area contributed by atoms with Gasteiger partial charge in [-0.05, 0) is 37.1 Å². The Bertz CT molecular complexity index is 651. The van der Waals surface area contributed by atoms with E-state index in [2.05, 4.69) is 4.98 Å². The number of aromatic nitrogens is 1. The molecule has 1 aliphatic heterocycles. The minimum absolute atomic E-state index is 0.111. The number of likely N-dealkylation sites (tertiary alicyclic amines) is 1. The summed E-state index contributed by atoms with van der Waals surface area (Å²) in [6.45, 7) is 2.14. The van der Waals surface area contributed by atoms with Crippen molar-refractivity contribution in [2.75, 3.05) is 6.54 Å². The van der Waals surface area contributed by atoms with E-state index in [1.807, 2.05) is 6.92 Å². The number of nitrogens with one attached hydrogen (secondary N) is 1. The number of rotatable bonds is 2. The summed E-state index contributed by atoms with van der Waals surface area (Å²) in [5, 5.41) is 9.93. The molecule has 3 rings (SSSR count). The van der Waals surface area contributed by atoms with Gasteiger partial charge in [0.2, 0.25) is 0 Å². The van der Waals surface area contributed by atoms with Crippen molar-refractivity contribution in [2.24, 2.45) is 0 Å². The van der Waals surface area contributed by atoms with Crippen LogP contribution in [-0.4, -0.2) is 33.5 Å². The van der Waals surface area contributed by atoms with Gasteiger partial charge in [0.1, 0.15) is 5.82 Å². The summed E-state index contributed by atoms with van der Waals surface area (Å²) in [6, 6.07) is 7.62. The molecule has 21 heavy (non-hydrogen) atoms. The Morgan fingerprint density at radius 1 is 1.33 bits per heavy atom. The lowest BCUT2D eigenvalue weighted by atomic mass is 10.0. The van der Waals surface area contributed by atoms with E-state index in [4.69, 9.17) is 0 Å². The number of aryl methyl sites for hydroxylation is 1. The Hall–Kier alpha value is -2.14. The van der Waals surface area contributed by atoms with Crippen LogP contribution in [0.2, 0.25) is 0 Å². The van der Waals surface area contributed by atoms with E-state index < -0.39 is 6.10 Å². The molecule has 1 aromatic carbocycles. The van der Waals surface area contributed by atoms with Crippen LogP contribution in [0.25, 0.3) is 0 Å². The Morgan fingerprint density at radius 3 is 2.67 bits per heavy atom. The number of β-amino-alcohol motifs (C(OH)–C–C–N with tert-alkyl or cyclic N) is 1. The first-order chi connectivity index (χ1) is 10.1. The molecule has 0 spiro atoms. The molecule has 0 bridgehead atoms. The third-order valence-electron chi connectivity index (χ3n) is 3.98.